The van der Waals surface area contributed by atoms with Gasteiger partial charge in [0.25, 0.3) is 0 Å². The molecule has 0 radical (unpaired) electrons. The Bertz CT molecular complexity index is 162. The van der Waals surface area contributed by atoms with Crippen molar-refractivity contribution in [2.75, 3.05) is 19.7 Å². The average Bonchev–Trinajstić information content (AvgIpc) is 2.06. The number of ether oxygens (including phenoxy) is 1. The Morgan fingerprint density at radius 3 is 2.57 bits per heavy atom. The fourth-order valence-corrected chi connectivity index (χ4v) is 1.96. The minimum atomic E-state index is 0.0129. The Kier molecular flexibility index (Phi) is 4.39. The van der Waals surface area contributed by atoms with Gasteiger partial charge in [-0.25, -0.2) is 0 Å². The summed E-state index contributed by atoms with van der Waals surface area (Å²) in [5.74, 6) is 0. The van der Waals surface area contributed by atoms with E-state index in [1.165, 1.54) is 25.8 Å². The monoisotopic (exact) mass is 199 g/mol. The van der Waals surface area contributed by atoms with Crippen LogP contribution in [0.4, 0.5) is 0 Å². The zero-order chi connectivity index (χ0) is 10.6. The van der Waals surface area contributed by atoms with Crippen LogP contribution < -0.4 is 0 Å². The molecule has 0 aromatic carbocycles. The normalized spacial score (nSPS) is 25.3. The predicted molar refractivity (Wildman–Crippen MR) is 60.6 cm³/mol. The summed E-state index contributed by atoms with van der Waals surface area (Å²) in [4.78, 5) is 2.55. The minimum absolute atomic E-state index is 0.0129. The van der Waals surface area contributed by atoms with Gasteiger partial charge in [-0.2, -0.15) is 0 Å². The first kappa shape index (κ1) is 12.0. The standard InChI is InChI=1S/C12H25NO/c1-11-7-5-6-8-13(11)9-10-14-12(2,3)4/h11H,5-10H2,1-4H3/t11-/m0/s1. The molecule has 1 aliphatic rings. The second-order valence-electron chi connectivity index (χ2n) is 5.34. The van der Waals surface area contributed by atoms with E-state index >= 15 is 0 Å². The summed E-state index contributed by atoms with van der Waals surface area (Å²) in [7, 11) is 0. The smallest absolute Gasteiger partial charge is 0.0600 e. The Morgan fingerprint density at radius 2 is 2.00 bits per heavy atom. The van der Waals surface area contributed by atoms with Crippen LogP contribution in [0.3, 0.4) is 0 Å². The first-order valence-electron chi connectivity index (χ1n) is 5.87. The average molecular weight is 199 g/mol. The van der Waals surface area contributed by atoms with Crippen molar-refractivity contribution in [3.05, 3.63) is 0 Å². The number of rotatable bonds is 3. The molecule has 0 saturated carbocycles. The van der Waals surface area contributed by atoms with Crippen molar-refractivity contribution >= 4 is 0 Å². The van der Waals surface area contributed by atoms with Gasteiger partial charge in [-0.1, -0.05) is 6.42 Å². The third-order valence-corrected chi connectivity index (χ3v) is 2.85. The highest BCUT2D eigenvalue weighted by molar-refractivity contribution is 4.73. The molecule has 1 fully saturated rings. The molecule has 14 heavy (non-hydrogen) atoms. The molecule has 0 N–H and O–H groups in total. The highest BCUT2D eigenvalue weighted by Gasteiger charge is 2.18. The van der Waals surface area contributed by atoms with Crippen LogP contribution in [0.2, 0.25) is 0 Å². The van der Waals surface area contributed by atoms with Gasteiger partial charge in [-0.05, 0) is 47.1 Å². The Labute approximate surface area is 88.6 Å². The van der Waals surface area contributed by atoms with Crippen LogP contribution in [0.25, 0.3) is 0 Å². The van der Waals surface area contributed by atoms with Crippen LogP contribution in [-0.4, -0.2) is 36.2 Å². The molecule has 1 atom stereocenters. The molecule has 1 rings (SSSR count). The molecule has 0 aromatic heterocycles. The lowest BCUT2D eigenvalue weighted by molar-refractivity contribution is -0.0198. The van der Waals surface area contributed by atoms with E-state index < -0.39 is 0 Å². The van der Waals surface area contributed by atoms with Crippen LogP contribution >= 0.6 is 0 Å². The third kappa shape index (κ3) is 4.43. The van der Waals surface area contributed by atoms with Gasteiger partial charge in [0.1, 0.15) is 0 Å². The number of hydrogen-bond donors (Lipinski definition) is 0. The van der Waals surface area contributed by atoms with E-state index in [0.29, 0.717) is 0 Å². The van der Waals surface area contributed by atoms with Gasteiger partial charge in [0.2, 0.25) is 0 Å². The number of hydrogen-bond acceptors (Lipinski definition) is 2. The van der Waals surface area contributed by atoms with Crippen molar-refractivity contribution < 1.29 is 4.74 Å². The Balaban J connectivity index is 2.17. The molecule has 2 nitrogen and oxygen atoms in total. The molecular formula is C12H25NO. The minimum Gasteiger partial charge on any atom is -0.375 e. The topological polar surface area (TPSA) is 12.5 Å². The number of piperidine rings is 1. The summed E-state index contributed by atoms with van der Waals surface area (Å²) in [5.41, 5.74) is 0.0129. The van der Waals surface area contributed by atoms with E-state index in [9.17, 15) is 0 Å². The van der Waals surface area contributed by atoms with Crippen LogP contribution in [-0.2, 0) is 4.74 Å². The van der Waals surface area contributed by atoms with Crippen molar-refractivity contribution in [1.82, 2.24) is 4.90 Å². The van der Waals surface area contributed by atoms with E-state index in [2.05, 4.69) is 32.6 Å². The summed E-state index contributed by atoms with van der Waals surface area (Å²) in [6.07, 6.45) is 4.12. The van der Waals surface area contributed by atoms with Crippen molar-refractivity contribution in [1.29, 1.82) is 0 Å². The van der Waals surface area contributed by atoms with Crippen LogP contribution in [0.15, 0.2) is 0 Å². The molecule has 0 unspecified atom stereocenters. The quantitative estimate of drug-likeness (QED) is 0.693. The van der Waals surface area contributed by atoms with E-state index in [1.54, 1.807) is 0 Å². The maximum Gasteiger partial charge on any atom is 0.0600 e. The molecule has 0 amide bonds. The van der Waals surface area contributed by atoms with Gasteiger partial charge < -0.3 is 4.74 Å². The highest BCUT2D eigenvalue weighted by Crippen LogP contribution is 2.16. The second-order valence-corrected chi connectivity index (χ2v) is 5.34. The molecule has 1 aliphatic heterocycles. The van der Waals surface area contributed by atoms with Crippen LogP contribution in [0, 0.1) is 0 Å². The maximum absolute atomic E-state index is 5.74. The first-order chi connectivity index (χ1) is 6.49. The SMILES string of the molecule is C[C@H]1CCCCN1CCOC(C)(C)C. The lowest BCUT2D eigenvalue weighted by Crippen LogP contribution is -2.40. The molecule has 1 heterocycles. The van der Waals surface area contributed by atoms with E-state index in [1.807, 2.05) is 0 Å². The summed E-state index contributed by atoms with van der Waals surface area (Å²) < 4.78 is 5.74. The maximum atomic E-state index is 5.74. The van der Waals surface area contributed by atoms with Crippen molar-refractivity contribution in [3.8, 4) is 0 Å². The molecule has 0 aromatic rings. The molecule has 2 heteroatoms. The summed E-state index contributed by atoms with van der Waals surface area (Å²) >= 11 is 0. The molecule has 0 spiro atoms. The predicted octanol–water partition coefficient (Wildman–Crippen LogP) is 2.68. The first-order valence-corrected chi connectivity index (χ1v) is 5.87. The third-order valence-electron chi connectivity index (χ3n) is 2.85. The van der Waals surface area contributed by atoms with Gasteiger partial charge in [-0.15, -0.1) is 0 Å². The fourth-order valence-electron chi connectivity index (χ4n) is 1.96. The molecular weight excluding hydrogens is 174 g/mol. The molecule has 1 saturated heterocycles. The largest absolute Gasteiger partial charge is 0.375 e. The number of nitrogens with zero attached hydrogens (tertiary/aromatic N) is 1. The van der Waals surface area contributed by atoms with Gasteiger partial charge in [0, 0.05) is 12.6 Å². The lowest BCUT2D eigenvalue weighted by atomic mass is 10.0. The molecule has 0 bridgehead atoms. The van der Waals surface area contributed by atoms with Crippen LogP contribution in [0.5, 0.6) is 0 Å². The molecule has 84 valence electrons. The zero-order valence-corrected chi connectivity index (χ0v) is 10.2. The van der Waals surface area contributed by atoms with E-state index in [4.69, 9.17) is 4.74 Å². The Hall–Kier alpha value is -0.0800. The van der Waals surface area contributed by atoms with E-state index in [0.717, 1.165) is 19.2 Å². The summed E-state index contributed by atoms with van der Waals surface area (Å²) in [5, 5.41) is 0. The number of likely N-dealkylation sites (tertiary alicyclic amines) is 1. The second kappa shape index (κ2) is 5.13. The summed E-state index contributed by atoms with van der Waals surface area (Å²) in [6, 6.07) is 0.757. The highest BCUT2D eigenvalue weighted by atomic mass is 16.5. The van der Waals surface area contributed by atoms with Gasteiger partial charge in [-0.3, -0.25) is 4.90 Å². The van der Waals surface area contributed by atoms with Crippen molar-refractivity contribution in [2.24, 2.45) is 0 Å². The van der Waals surface area contributed by atoms with E-state index in [-0.39, 0.29) is 5.60 Å². The van der Waals surface area contributed by atoms with Crippen LogP contribution in [0.1, 0.15) is 47.0 Å². The summed E-state index contributed by atoms with van der Waals surface area (Å²) in [6.45, 7) is 11.9. The van der Waals surface area contributed by atoms with Gasteiger partial charge >= 0.3 is 0 Å². The lowest BCUT2D eigenvalue weighted by Gasteiger charge is -2.34. The van der Waals surface area contributed by atoms with Gasteiger partial charge in [0.15, 0.2) is 0 Å². The fraction of sp³-hybridized carbons (Fsp3) is 1.00. The molecule has 0 aliphatic carbocycles. The Morgan fingerprint density at radius 1 is 1.29 bits per heavy atom. The van der Waals surface area contributed by atoms with Crippen molar-refractivity contribution in [3.63, 3.8) is 0 Å². The van der Waals surface area contributed by atoms with Crippen molar-refractivity contribution in [2.45, 2.75) is 58.6 Å². The van der Waals surface area contributed by atoms with Gasteiger partial charge in [0.05, 0.1) is 12.2 Å². The zero-order valence-electron chi connectivity index (χ0n) is 10.2.